The summed E-state index contributed by atoms with van der Waals surface area (Å²) in [6, 6.07) is 5.50. The molecule has 0 aromatic heterocycles. The quantitative estimate of drug-likeness (QED) is 0.564. The van der Waals surface area contributed by atoms with E-state index in [9.17, 15) is 21.6 Å². The number of carbonyl (C=O) groups is 1. The number of hydrogen-bond acceptors (Lipinski definition) is 6. The van der Waals surface area contributed by atoms with E-state index in [1.807, 2.05) is 6.92 Å². The van der Waals surface area contributed by atoms with Gasteiger partial charge in [0, 0.05) is 19.6 Å². The number of rotatable bonds is 9. The van der Waals surface area contributed by atoms with Crippen molar-refractivity contribution in [2.24, 2.45) is 0 Å². The predicted octanol–water partition coefficient (Wildman–Crippen LogP) is 0.390. The Labute approximate surface area is 166 Å². The Bertz CT molecular complexity index is 863. The lowest BCUT2D eigenvalue weighted by molar-refractivity contribution is -0.119. The molecule has 158 valence electrons. The number of benzene rings is 1. The van der Waals surface area contributed by atoms with Gasteiger partial charge in [-0.25, -0.2) is 16.8 Å². The Balaban J connectivity index is 2.18. The first kappa shape index (κ1) is 22.6. The molecular formula is C17H27N3O6S2. The van der Waals surface area contributed by atoms with Crippen LogP contribution in [0, 0.1) is 0 Å². The van der Waals surface area contributed by atoms with Crippen LogP contribution in [-0.4, -0.2) is 72.7 Å². The molecule has 0 bridgehead atoms. The fourth-order valence-corrected chi connectivity index (χ4v) is 4.98. The zero-order valence-electron chi connectivity index (χ0n) is 16.1. The van der Waals surface area contributed by atoms with Crippen LogP contribution < -0.4 is 9.62 Å². The number of anilines is 1. The van der Waals surface area contributed by atoms with E-state index in [0.29, 0.717) is 19.8 Å². The molecule has 1 amide bonds. The van der Waals surface area contributed by atoms with Crippen LogP contribution >= 0.6 is 0 Å². The minimum Gasteiger partial charge on any atom is -0.379 e. The van der Waals surface area contributed by atoms with Gasteiger partial charge in [0.1, 0.15) is 6.54 Å². The minimum atomic E-state index is -3.72. The van der Waals surface area contributed by atoms with E-state index >= 15 is 0 Å². The van der Waals surface area contributed by atoms with Crippen molar-refractivity contribution in [2.75, 3.05) is 50.0 Å². The number of sulfonamides is 2. The van der Waals surface area contributed by atoms with E-state index in [0.717, 1.165) is 23.4 Å². The van der Waals surface area contributed by atoms with Crippen molar-refractivity contribution in [2.45, 2.75) is 24.7 Å². The molecule has 11 heteroatoms. The van der Waals surface area contributed by atoms with E-state index in [2.05, 4.69) is 5.32 Å². The van der Waals surface area contributed by atoms with Gasteiger partial charge in [0.15, 0.2) is 0 Å². The highest BCUT2D eigenvalue weighted by atomic mass is 32.2. The number of ether oxygens (including phenoxy) is 1. The molecule has 1 heterocycles. The van der Waals surface area contributed by atoms with Crippen LogP contribution in [0.25, 0.3) is 0 Å². The molecule has 0 atom stereocenters. The second-order valence-electron chi connectivity index (χ2n) is 6.48. The van der Waals surface area contributed by atoms with Gasteiger partial charge in [-0.15, -0.1) is 0 Å². The van der Waals surface area contributed by atoms with Crippen LogP contribution in [0.5, 0.6) is 0 Å². The Morgan fingerprint density at radius 2 is 1.75 bits per heavy atom. The van der Waals surface area contributed by atoms with E-state index in [4.69, 9.17) is 4.74 Å². The molecule has 1 aliphatic heterocycles. The predicted molar refractivity (Wildman–Crippen MR) is 106 cm³/mol. The maximum absolute atomic E-state index is 12.7. The van der Waals surface area contributed by atoms with Crippen molar-refractivity contribution < 1.29 is 26.4 Å². The third-order valence-electron chi connectivity index (χ3n) is 4.27. The molecule has 0 aliphatic carbocycles. The number of carbonyl (C=O) groups excluding carboxylic acids is 1. The first-order chi connectivity index (χ1) is 13.2. The molecule has 0 spiro atoms. The number of morpholine rings is 1. The first-order valence-corrected chi connectivity index (χ1v) is 12.4. The Morgan fingerprint density at radius 1 is 1.14 bits per heavy atom. The molecule has 0 unspecified atom stereocenters. The van der Waals surface area contributed by atoms with E-state index in [1.165, 1.54) is 28.6 Å². The lowest BCUT2D eigenvalue weighted by Gasteiger charge is -2.26. The van der Waals surface area contributed by atoms with Gasteiger partial charge in [-0.05, 0) is 30.7 Å². The molecule has 28 heavy (non-hydrogen) atoms. The summed E-state index contributed by atoms with van der Waals surface area (Å²) in [5.74, 6) is -0.413. The largest absolute Gasteiger partial charge is 0.379 e. The van der Waals surface area contributed by atoms with E-state index in [-0.39, 0.29) is 30.2 Å². The van der Waals surface area contributed by atoms with Crippen molar-refractivity contribution in [3.05, 3.63) is 24.3 Å². The third kappa shape index (κ3) is 5.90. The number of unbranched alkanes of at least 4 members (excludes halogenated alkanes) is 1. The second-order valence-corrected chi connectivity index (χ2v) is 10.3. The number of amides is 1. The van der Waals surface area contributed by atoms with Crippen molar-refractivity contribution in [1.82, 2.24) is 9.62 Å². The van der Waals surface area contributed by atoms with Crippen LogP contribution in [0.15, 0.2) is 29.2 Å². The van der Waals surface area contributed by atoms with E-state index in [1.54, 1.807) is 0 Å². The van der Waals surface area contributed by atoms with Crippen molar-refractivity contribution in [3.63, 3.8) is 0 Å². The number of hydrogen-bond donors (Lipinski definition) is 1. The molecule has 1 aliphatic rings. The van der Waals surface area contributed by atoms with Crippen LogP contribution in [0.1, 0.15) is 19.8 Å². The lowest BCUT2D eigenvalue weighted by Crippen LogP contribution is -2.41. The molecular weight excluding hydrogens is 406 g/mol. The highest BCUT2D eigenvalue weighted by molar-refractivity contribution is 7.92. The van der Waals surface area contributed by atoms with Crippen molar-refractivity contribution >= 4 is 31.6 Å². The van der Waals surface area contributed by atoms with Crippen LogP contribution in [0.2, 0.25) is 0 Å². The topological polar surface area (TPSA) is 113 Å². The summed E-state index contributed by atoms with van der Waals surface area (Å²) in [6.07, 6.45) is 2.72. The molecule has 1 aromatic rings. The Morgan fingerprint density at radius 3 is 2.29 bits per heavy atom. The maximum atomic E-state index is 12.7. The molecule has 1 fully saturated rings. The zero-order valence-corrected chi connectivity index (χ0v) is 17.8. The average Bonchev–Trinajstić information content (AvgIpc) is 2.66. The Hall–Kier alpha value is -1.69. The van der Waals surface area contributed by atoms with Gasteiger partial charge in [-0.2, -0.15) is 4.31 Å². The van der Waals surface area contributed by atoms with Crippen molar-refractivity contribution in [3.8, 4) is 0 Å². The second kappa shape index (κ2) is 9.68. The summed E-state index contributed by atoms with van der Waals surface area (Å²) in [5, 5.41) is 2.68. The molecule has 0 radical (unpaired) electrons. The summed E-state index contributed by atoms with van der Waals surface area (Å²) in [6.45, 7) is 3.33. The van der Waals surface area contributed by atoms with Gasteiger partial charge in [0.2, 0.25) is 26.0 Å². The fourth-order valence-electron chi connectivity index (χ4n) is 2.71. The molecule has 1 N–H and O–H groups in total. The van der Waals surface area contributed by atoms with Crippen LogP contribution in [0.4, 0.5) is 5.69 Å². The molecule has 9 nitrogen and oxygen atoms in total. The molecule has 2 rings (SSSR count). The normalized spacial score (nSPS) is 15.9. The van der Waals surface area contributed by atoms with Crippen LogP contribution in [0.3, 0.4) is 0 Å². The van der Waals surface area contributed by atoms with Gasteiger partial charge in [0.05, 0.1) is 30.1 Å². The zero-order chi connectivity index (χ0) is 20.8. The summed E-state index contributed by atoms with van der Waals surface area (Å²) in [4.78, 5) is 12.1. The standard InChI is InChI=1S/C17H27N3O6S2/c1-3-4-9-18-17(21)14-20(27(2,22)23)15-5-7-16(8-6-15)28(24,25)19-10-12-26-13-11-19/h5-8H,3-4,9-14H2,1-2H3,(H,18,21). The van der Waals surface area contributed by atoms with Gasteiger partial charge in [-0.3, -0.25) is 9.10 Å². The first-order valence-electron chi connectivity index (χ1n) is 9.08. The third-order valence-corrected chi connectivity index (χ3v) is 7.33. The SMILES string of the molecule is CCCCNC(=O)CN(c1ccc(S(=O)(=O)N2CCOCC2)cc1)S(C)(=O)=O. The maximum Gasteiger partial charge on any atom is 0.243 e. The lowest BCUT2D eigenvalue weighted by atomic mass is 10.3. The van der Waals surface area contributed by atoms with Crippen molar-refractivity contribution in [1.29, 1.82) is 0 Å². The molecule has 1 saturated heterocycles. The molecule has 0 saturated carbocycles. The highest BCUT2D eigenvalue weighted by Crippen LogP contribution is 2.23. The summed E-state index contributed by atoms with van der Waals surface area (Å²) >= 11 is 0. The summed E-state index contributed by atoms with van der Waals surface area (Å²) in [7, 11) is -7.39. The highest BCUT2D eigenvalue weighted by Gasteiger charge is 2.27. The van der Waals surface area contributed by atoms with Gasteiger partial charge in [-0.1, -0.05) is 13.3 Å². The van der Waals surface area contributed by atoms with Gasteiger partial charge >= 0.3 is 0 Å². The van der Waals surface area contributed by atoms with Gasteiger partial charge in [0.25, 0.3) is 0 Å². The average molecular weight is 434 g/mol. The number of nitrogens with one attached hydrogen (secondary N) is 1. The number of nitrogens with zero attached hydrogens (tertiary/aromatic N) is 2. The summed E-state index contributed by atoms with van der Waals surface area (Å²) < 4.78 is 57.1. The smallest absolute Gasteiger partial charge is 0.243 e. The minimum absolute atomic E-state index is 0.0685. The fraction of sp³-hybridized carbons (Fsp3) is 0.588. The summed E-state index contributed by atoms with van der Waals surface area (Å²) in [5.41, 5.74) is 0.231. The van der Waals surface area contributed by atoms with Gasteiger partial charge < -0.3 is 10.1 Å². The Kier molecular flexibility index (Phi) is 7.81. The van der Waals surface area contributed by atoms with Crippen LogP contribution in [-0.2, 0) is 29.6 Å². The molecule has 1 aromatic carbocycles. The van der Waals surface area contributed by atoms with E-state index < -0.39 is 26.0 Å². The monoisotopic (exact) mass is 433 g/mol.